The van der Waals surface area contributed by atoms with Crippen LogP contribution in [0.25, 0.3) is 10.8 Å². The Morgan fingerprint density at radius 3 is 2.93 bits per heavy atom. The summed E-state index contributed by atoms with van der Waals surface area (Å²) in [6.07, 6.45) is 2.07. The number of halogens is 1. The molecule has 1 nitrogen and oxygen atoms in total. The van der Waals surface area contributed by atoms with Gasteiger partial charge in [-0.25, -0.2) is 0 Å². The lowest BCUT2D eigenvalue weighted by molar-refractivity contribution is 0.787. The monoisotopic (exact) mass is 217 g/mol. The average Bonchev–Trinajstić information content (AvgIpc) is 2.28. The third kappa shape index (κ3) is 1.47. The van der Waals surface area contributed by atoms with Gasteiger partial charge in [0.2, 0.25) is 0 Å². The molecule has 1 aliphatic rings. The highest BCUT2D eigenvalue weighted by atomic mass is 35.5. The maximum absolute atomic E-state index is 6.08. The van der Waals surface area contributed by atoms with E-state index >= 15 is 0 Å². The molecule has 0 bridgehead atoms. The van der Waals surface area contributed by atoms with Crippen molar-refractivity contribution in [1.82, 2.24) is 0 Å². The van der Waals surface area contributed by atoms with E-state index in [0.29, 0.717) is 0 Å². The molecule has 0 fully saturated rings. The van der Waals surface area contributed by atoms with Crippen LogP contribution < -0.4 is 5.32 Å². The molecule has 0 amide bonds. The molecule has 0 aromatic heterocycles. The Hall–Kier alpha value is -1.21. The molecule has 0 radical (unpaired) electrons. The number of hydrogen-bond acceptors (Lipinski definition) is 1. The van der Waals surface area contributed by atoms with Crippen LogP contribution in [-0.4, -0.2) is 5.50 Å². The van der Waals surface area contributed by atoms with E-state index in [1.807, 2.05) is 0 Å². The van der Waals surface area contributed by atoms with E-state index < -0.39 is 0 Å². The number of anilines is 1. The first-order valence-corrected chi connectivity index (χ1v) is 5.69. The zero-order valence-electron chi connectivity index (χ0n) is 8.33. The molecule has 2 aromatic carbocycles. The zero-order chi connectivity index (χ0) is 10.3. The number of rotatable bonds is 0. The Morgan fingerprint density at radius 1 is 1.13 bits per heavy atom. The van der Waals surface area contributed by atoms with Gasteiger partial charge in [0.05, 0.1) is 0 Å². The van der Waals surface area contributed by atoms with Crippen LogP contribution in [0.15, 0.2) is 36.4 Å². The van der Waals surface area contributed by atoms with Gasteiger partial charge in [0, 0.05) is 5.69 Å². The van der Waals surface area contributed by atoms with Crippen molar-refractivity contribution in [2.75, 3.05) is 5.32 Å². The minimum absolute atomic E-state index is 0.0821. The molecular weight excluding hydrogens is 206 g/mol. The van der Waals surface area contributed by atoms with Gasteiger partial charge < -0.3 is 5.32 Å². The molecule has 1 atom stereocenters. The molecule has 1 aliphatic heterocycles. The maximum Gasteiger partial charge on any atom is 0.102 e. The van der Waals surface area contributed by atoms with Crippen molar-refractivity contribution in [2.24, 2.45) is 0 Å². The van der Waals surface area contributed by atoms with Crippen molar-refractivity contribution < 1.29 is 0 Å². The number of benzene rings is 2. The van der Waals surface area contributed by atoms with Crippen molar-refractivity contribution in [3.05, 3.63) is 42.0 Å². The third-order valence-corrected chi connectivity index (χ3v) is 3.33. The second-order valence-corrected chi connectivity index (χ2v) is 4.49. The summed E-state index contributed by atoms with van der Waals surface area (Å²) < 4.78 is 0. The lowest BCUT2D eigenvalue weighted by Gasteiger charge is -2.23. The van der Waals surface area contributed by atoms with Gasteiger partial charge in [-0.1, -0.05) is 41.9 Å². The maximum atomic E-state index is 6.08. The lowest BCUT2D eigenvalue weighted by atomic mass is 9.96. The number of nitrogens with one attached hydrogen (secondary N) is 1. The minimum Gasteiger partial charge on any atom is -0.369 e. The number of alkyl halides is 1. The van der Waals surface area contributed by atoms with Crippen LogP contribution in [-0.2, 0) is 6.42 Å². The Morgan fingerprint density at radius 2 is 2.00 bits per heavy atom. The molecule has 0 aliphatic carbocycles. The molecule has 0 saturated carbocycles. The number of aryl methyl sites for hydroxylation is 1. The van der Waals surface area contributed by atoms with Crippen LogP contribution >= 0.6 is 11.6 Å². The van der Waals surface area contributed by atoms with Crippen LogP contribution in [0.3, 0.4) is 0 Å². The van der Waals surface area contributed by atoms with Gasteiger partial charge in [-0.3, -0.25) is 0 Å². The van der Waals surface area contributed by atoms with Gasteiger partial charge >= 0.3 is 0 Å². The second kappa shape index (κ2) is 3.42. The summed E-state index contributed by atoms with van der Waals surface area (Å²) in [4.78, 5) is 0. The molecule has 1 N–H and O–H groups in total. The van der Waals surface area contributed by atoms with Crippen molar-refractivity contribution in [1.29, 1.82) is 0 Å². The molecule has 0 saturated heterocycles. The lowest BCUT2D eigenvalue weighted by Crippen LogP contribution is -2.19. The van der Waals surface area contributed by atoms with Crippen LogP contribution in [0, 0.1) is 0 Å². The van der Waals surface area contributed by atoms with E-state index in [9.17, 15) is 0 Å². The van der Waals surface area contributed by atoms with Gasteiger partial charge in [0.15, 0.2) is 0 Å². The molecule has 2 heteroatoms. The Bertz CT molecular complexity index is 507. The van der Waals surface area contributed by atoms with E-state index in [1.165, 1.54) is 22.0 Å². The standard InChI is InChI=1S/C13H12ClN/c14-13-8-6-11-10-4-2-1-3-9(10)5-7-12(11)15-13/h1-5,7,13,15H,6,8H2. The summed E-state index contributed by atoms with van der Waals surface area (Å²) in [5, 5.41) is 5.98. The van der Waals surface area contributed by atoms with Crippen LogP contribution in [0.2, 0.25) is 0 Å². The van der Waals surface area contributed by atoms with Crippen LogP contribution in [0.1, 0.15) is 12.0 Å². The summed E-state index contributed by atoms with van der Waals surface area (Å²) in [6.45, 7) is 0. The van der Waals surface area contributed by atoms with Crippen molar-refractivity contribution in [3.63, 3.8) is 0 Å². The predicted octanol–water partition coefficient (Wildman–Crippen LogP) is 3.76. The Labute approximate surface area is 94.1 Å². The summed E-state index contributed by atoms with van der Waals surface area (Å²) in [5.74, 6) is 0. The fraction of sp³-hybridized carbons (Fsp3) is 0.231. The fourth-order valence-corrected chi connectivity index (χ4v) is 2.48. The second-order valence-electron chi connectivity index (χ2n) is 3.96. The van der Waals surface area contributed by atoms with E-state index in [4.69, 9.17) is 11.6 Å². The first-order chi connectivity index (χ1) is 7.34. The van der Waals surface area contributed by atoms with Gasteiger partial charge in [0.25, 0.3) is 0 Å². The van der Waals surface area contributed by atoms with Crippen molar-refractivity contribution in [3.8, 4) is 0 Å². The summed E-state index contributed by atoms with van der Waals surface area (Å²) in [5.41, 5.74) is 2.68. The molecule has 76 valence electrons. The predicted molar refractivity (Wildman–Crippen MR) is 65.5 cm³/mol. The first-order valence-electron chi connectivity index (χ1n) is 5.26. The molecule has 2 aromatic rings. The molecule has 15 heavy (non-hydrogen) atoms. The molecule has 1 heterocycles. The van der Waals surface area contributed by atoms with E-state index in [0.717, 1.165) is 12.8 Å². The van der Waals surface area contributed by atoms with E-state index in [2.05, 4.69) is 41.7 Å². The van der Waals surface area contributed by atoms with Crippen molar-refractivity contribution in [2.45, 2.75) is 18.3 Å². The SMILES string of the molecule is ClC1CCc2c(ccc3ccccc23)N1. The third-order valence-electron chi connectivity index (χ3n) is 3.00. The average molecular weight is 218 g/mol. The number of hydrogen-bond donors (Lipinski definition) is 1. The van der Waals surface area contributed by atoms with E-state index in [1.54, 1.807) is 0 Å². The Kier molecular flexibility index (Phi) is 2.06. The molecule has 0 spiro atoms. The van der Waals surface area contributed by atoms with Gasteiger partial charge in [0.1, 0.15) is 5.50 Å². The van der Waals surface area contributed by atoms with E-state index in [-0.39, 0.29) is 5.50 Å². The van der Waals surface area contributed by atoms with Gasteiger partial charge in [-0.15, -0.1) is 0 Å². The number of fused-ring (bicyclic) bond motifs is 3. The minimum atomic E-state index is 0.0821. The molecule has 3 rings (SSSR count). The summed E-state index contributed by atoms with van der Waals surface area (Å²) in [6, 6.07) is 12.8. The first kappa shape index (κ1) is 9.05. The molecule has 1 unspecified atom stereocenters. The summed E-state index contributed by atoms with van der Waals surface area (Å²) in [7, 11) is 0. The quantitative estimate of drug-likeness (QED) is 0.523. The Balaban J connectivity index is 2.25. The topological polar surface area (TPSA) is 12.0 Å². The highest BCUT2D eigenvalue weighted by Gasteiger charge is 2.16. The smallest absolute Gasteiger partial charge is 0.102 e. The molecular formula is C13H12ClN. The highest BCUT2D eigenvalue weighted by Crippen LogP contribution is 2.32. The van der Waals surface area contributed by atoms with Crippen LogP contribution in [0.4, 0.5) is 5.69 Å². The zero-order valence-corrected chi connectivity index (χ0v) is 9.09. The normalized spacial score (nSPS) is 19.7. The van der Waals surface area contributed by atoms with Gasteiger partial charge in [-0.05, 0) is 35.2 Å². The van der Waals surface area contributed by atoms with Crippen molar-refractivity contribution >= 4 is 28.1 Å². The highest BCUT2D eigenvalue weighted by molar-refractivity contribution is 6.22. The largest absolute Gasteiger partial charge is 0.369 e. The summed E-state index contributed by atoms with van der Waals surface area (Å²) >= 11 is 6.08. The van der Waals surface area contributed by atoms with Crippen LogP contribution in [0.5, 0.6) is 0 Å². The fourth-order valence-electron chi connectivity index (χ4n) is 2.25. The van der Waals surface area contributed by atoms with Gasteiger partial charge in [-0.2, -0.15) is 0 Å².